The van der Waals surface area contributed by atoms with Gasteiger partial charge >= 0.3 is 5.97 Å². The van der Waals surface area contributed by atoms with Crippen molar-refractivity contribution in [2.45, 2.75) is 33.0 Å². The molecule has 26 heavy (non-hydrogen) atoms. The highest BCUT2D eigenvalue weighted by molar-refractivity contribution is 5.97. The van der Waals surface area contributed by atoms with Crippen molar-refractivity contribution in [2.75, 3.05) is 12.4 Å². The number of methoxy groups -OCH3 is 1. The summed E-state index contributed by atoms with van der Waals surface area (Å²) in [5.41, 5.74) is 0.944. The average molecular weight is 357 g/mol. The van der Waals surface area contributed by atoms with Crippen LogP contribution in [0.5, 0.6) is 11.5 Å². The first-order valence-corrected chi connectivity index (χ1v) is 8.31. The zero-order valence-electron chi connectivity index (χ0n) is 15.3. The first-order valence-electron chi connectivity index (χ1n) is 8.31. The van der Waals surface area contributed by atoms with Gasteiger partial charge in [0.1, 0.15) is 11.5 Å². The molecule has 0 bridgehead atoms. The van der Waals surface area contributed by atoms with Crippen molar-refractivity contribution in [3.05, 3.63) is 54.1 Å². The lowest BCUT2D eigenvalue weighted by Gasteiger charge is -2.14. The molecule has 0 aromatic heterocycles. The summed E-state index contributed by atoms with van der Waals surface area (Å²) in [6, 6.07) is 13.5. The third-order valence-electron chi connectivity index (χ3n) is 3.47. The van der Waals surface area contributed by atoms with E-state index in [0.717, 1.165) is 0 Å². The molecule has 2 rings (SSSR count). The minimum atomic E-state index is -0.934. The third-order valence-corrected chi connectivity index (χ3v) is 3.47. The first-order chi connectivity index (χ1) is 12.4. The monoisotopic (exact) mass is 357 g/mol. The highest BCUT2D eigenvalue weighted by Gasteiger charge is 2.19. The van der Waals surface area contributed by atoms with Gasteiger partial charge in [-0.1, -0.05) is 0 Å². The largest absolute Gasteiger partial charge is 0.497 e. The van der Waals surface area contributed by atoms with Gasteiger partial charge < -0.3 is 19.5 Å². The standard InChI is InChI=1S/C20H23NO5/c1-13(2)25-18-9-5-15(6-10-18)20(23)26-14(3)19(22)21-16-7-11-17(24-4)12-8-16/h5-14H,1-4H3,(H,21,22)/t14-/m0/s1. The molecule has 1 atom stereocenters. The van der Waals surface area contributed by atoms with Crippen LogP contribution in [0.3, 0.4) is 0 Å². The van der Waals surface area contributed by atoms with Crippen molar-refractivity contribution in [1.82, 2.24) is 0 Å². The third kappa shape index (κ3) is 5.51. The Morgan fingerprint density at radius 1 is 0.885 bits per heavy atom. The van der Waals surface area contributed by atoms with Crippen LogP contribution in [0.2, 0.25) is 0 Å². The van der Waals surface area contributed by atoms with E-state index in [-0.39, 0.29) is 6.10 Å². The normalized spacial score (nSPS) is 11.6. The quantitative estimate of drug-likeness (QED) is 0.766. The summed E-state index contributed by atoms with van der Waals surface area (Å²) in [5.74, 6) is 0.371. The zero-order chi connectivity index (χ0) is 19.1. The van der Waals surface area contributed by atoms with Gasteiger partial charge in [-0.25, -0.2) is 4.79 Å². The summed E-state index contributed by atoms with van der Waals surface area (Å²) >= 11 is 0. The van der Waals surface area contributed by atoms with Gasteiger partial charge in [0.25, 0.3) is 5.91 Å². The van der Waals surface area contributed by atoms with Crippen molar-refractivity contribution in [1.29, 1.82) is 0 Å². The number of benzene rings is 2. The molecule has 0 spiro atoms. The Bertz CT molecular complexity index is 738. The molecule has 0 unspecified atom stereocenters. The molecule has 0 heterocycles. The molecule has 2 aromatic rings. The fourth-order valence-corrected chi connectivity index (χ4v) is 2.14. The van der Waals surface area contributed by atoms with E-state index in [1.54, 1.807) is 55.6 Å². The maximum Gasteiger partial charge on any atom is 0.338 e. The molecule has 1 amide bonds. The lowest BCUT2D eigenvalue weighted by molar-refractivity contribution is -0.123. The minimum Gasteiger partial charge on any atom is -0.497 e. The number of esters is 1. The van der Waals surface area contributed by atoms with Gasteiger partial charge in [-0.3, -0.25) is 4.79 Å². The maximum atomic E-state index is 12.2. The zero-order valence-corrected chi connectivity index (χ0v) is 15.3. The van der Waals surface area contributed by atoms with Crippen molar-refractivity contribution >= 4 is 17.6 Å². The summed E-state index contributed by atoms with van der Waals surface area (Å²) in [5, 5.41) is 2.69. The molecule has 0 aliphatic carbocycles. The Kier molecular flexibility index (Phi) is 6.60. The van der Waals surface area contributed by atoms with Crippen molar-refractivity contribution in [3.8, 4) is 11.5 Å². The Hall–Kier alpha value is -3.02. The van der Waals surface area contributed by atoms with E-state index >= 15 is 0 Å². The van der Waals surface area contributed by atoms with E-state index in [1.807, 2.05) is 13.8 Å². The van der Waals surface area contributed by atoms with Crippen LogP contribution < -0.4 is 14.8 Å². The molecule has 0 fully saturated rings. The van der Waals surface area contributed by atoms with Crippen LogP contribution in [-0.2, 0) is 9.53 Å². The molecule has 6 nitrogen and oxygen atoms in total. The maximum absolute atomic E-state index is 12.2. The number of carbonyl (C=O) groups excluding carboxylic acids is 2. The van der Waals surface area contributed by atoms with E-state index in [0.29, 0.717) is 22.7 Å². The molecular formula is C20H23NO5. The highest BCUT2D eigenvalue weighted by Crippen LogP contribution is 2.17. The highest BCUT2D eigenvalue weighted by atomic mass is 16.5. The molecule has 1 N–H and O–H groups in total. The number of carbonyl (C=O) groups is 2. The van der Waals surface area contributed by atoms with Crippen LogP contribution >= 0.6 is 0 Å². The van der Waals surface area contributed by atoms with Gasteiger partial charge in [-0.05, 0) is 69.3 Å². The predicted octanol–water partition coefficient (Wildman–Crippen LogP) is 3.67. The molecule has 138 valence electrons. The van der Waals surface area contributed by atoms with Crippen LogP contribution in [0.25, 0.3) is 0 Å². The van der Waals surface area contributed by atoms with Gasteiger partial charge in [0, 0.05) is 5.69 Å². The number of hydrogen-bond donors (Lipinski definition) is 1. The second kappa shape index (κ2) is 8.89. The smallest absolute Gasteiger partial charge is 0.338 e. The topological polar surface area (TPSA) is 73.9 Å². The second-order valence-corrected chi connectivity index (χ2v) is 5.96. The van der Waals surface area contributed by atoms with Crippen LogP contribution in [0.15, 0.2) is 48.5 Å². The molecule has 0 radical (unpaired) electrons. The Morgan fingerprint density at radius 3 is 2.00 bits per heavy atom. The van der Waals surface area contributed by atoms with Crippen molar-refractivity contribution < 1.29 is 23.8 Å². The van der Waals surface area contributed by atoms with Gasteiger partial charge in [0.05, 0.1) is 18.8 Å². The molecule has 0 saturated carbocycles. The molecular weight excluding hydrogens is 334 g/mol. The summed E-state index contributed by atoms with van der Waals surface area (Å²) in [6.07, 6.45) is -0.884. The number of hydrogen-bond acceptors (Lipinski definition) is 5. The molecule has 0 aliphatic rings. The van der Waals surface area contributed by atoms with Crippen LogP contribution in [0.1, 0.15) is 31.1 Å². The summed E-state index contributed by atoms with van der Waals surface area (Å²) < 4.78 is 15.8. The van der Waals surface area contributed by atoms with Crippen LogP contribution in [-0.4, -0.2) is 31.2 Å². The van der Waals surface area contributed by atoms with Crippen molar-refractivity contribution in [2.24, 2.45) is 0 Å². The van der Waals surface area contributed by atoms with Crippen LogP contribution in [0.4, 0.5) is 5.69 Å². The number of nitrogens with one attached hydrogen (secondary N) is 1. The van der Waals surface area contributed by atoms with Crippen LogP contribution in [0, 0.1) is 0 Å². The number of anilines is 1. The lowest BCUT2D eigenvalue weighted by Crippen LogP contribution is -2.30. The Balaban J connectivity index is 1.91. The Labute approximate surface area is 153 Å². The minimum absolute atomic E-state index is 0.0504. The van der Waals surface area contributed by atoms with Gasteiger partial charge in [0.2, 0.25) is 0 Å². The fourth-order valence-electron chi connectivity index (χ4n) is 2.14. The Morgan fingerprint density at radius 2 is 1.46 bits per heavy atom. The SMILES string of the molecule is COc1ccc(NC(=O)[C@H](C)OC(=O)c2ccc(OC(C)C)cc2)cc1. The van der Waals surface area contributed by atoms with Gasteiger partial charge in [-0.2, -0.15) is 0 Å². The summed E-state index contributed by atoms with van der Waals surface area (Å²) in [7, 11) is 1.57. The molecule has 2 aromatic carbocycles. The second-order valence-electron chi connectivity index (χ2n) is 5.96. The average Bonchev–Trinajstić information content (AvgIpc) is 2.62. The van der Waals surface area contributed by atoms with E-state index in [9.17, 15) is 9.59 Å². The number of rotatable bonds is 7. The van der Waals surface area contributed by atoms with E-state index < -0.39 is 18.0 Å². The molecule has 6 heteroatoms. The summed E-state index contributed by atoms with van der Waals surface area (Å²) in [6.45, 7) is 5.36. The number of ether oxygens (including phenoxy) is 3. The molecule has 0 aliphatic heterocycles. The van der Waals surface area contributed by atoms with E-state index in [4.69, 9.17) is 14.2 Å². The predicted molar refractivity (Wildman–Crippen MR) is 98.7 cm³/mol. The van der Waals surface area contributed by atoms with E-state index in [2.05, 4.69) is 5.32 Å². The van der Waals surface area contributed by atoms with Gasteiger partial charge in [-0.15, -0.1) is 0 Å². The number of amides is 1. The summed E-state index contributed by atoms with van der Waals surface area (Å²) in [4.78, 5) is 24.3. The van der Waals surface area contributed by atoms with E-state index in [1.165, 1.54) is 6.92 Å². The van der Waals surface area contributed by atoms with Crippen molar-refractivity contribution in [3.63, 3.8) is 0 Å². The first kappa shape index (κ1) is 19.3. The fraction of sp³-hybridized carbons (Fsp3) is 0.300. The lowest BCUT2D eigenvalue weighted by atomic mass is 10.2. The van der Waals surface area contributed by atoms with Gasteiger partial charge in [0.15, 0.2) is 6.10 Å². The molecule has 0 saturated heterocycles.